The first-order chi connectivity index (χ1) is 6.72. The van der Waals surface area contributed by atoms with E-state index in [2.05, 4.69) is 9.97 Å². The fourth-order valence-corrected chi connectivity index (χ4v) is 1.41. The van der Waals surface area contributed by atoms with Gasteiger partial charge in [-0.1, -0.05) is 0 Å². The zero-order valence-corrected chi connectivity index (χ0v) is 7.91. The van der Waals surface area contributed by atoms with Crippen LogP contribution in [0.2, 0.25) is 0 Å². The molecule has 0 radical (unpaired) electrons. The Morgan fingerprint density at radius 3 is 2.93 bits per heavy atom. The van der Waals surface area contributed by atoms with Crippen LogP contribution in [-0.4, -0.2) is 28.2 Å². The van der Waals surface area contributed by atoms with Crippen LogP contribution in [0, 0.1) is 0 Å². The normalized spacial score (nSPS) is 15.8. The maximum absolute atomic E-state index is 10.8. The van der Waals surface area contributed by atoms with Gasteiger partial charge in [0.05, 0.1) is 12.3 Å². The lowest BCUT2D eigenvalue weighted by atomic mass is 10.3. The lowest BCUT2D eigenvalue weighted by Crippen LogP contribution is -2.02. The first kappa shape index (κ1) is 9.21. The quantitative estimate of drug-likeness (QED) is 0.756. The molecule has 76 valence electrons. The van der Waals surface area contributed by atoms with Crippen molar-refractivity contribution < 1.29 is 14.6 Å². The van der Waals surface area contributed by atoms with Gasteiger partial charge < -0.3 is 14.8 Å². The van der Waals surface area contributed by atoms with Crippen molar-refractivity contribution in [3.05, 3.63) is 17.2 Å². The molecule has 14 heavy (non-hydrogen) atoms. The molecule has 2 rings (SSSR count). The molecule has 1 aliphatic rings. The van der Waals surface area contributed by atoms with Crippen molar-refractivity contribution >= 4 is 5.97 Å². The summed E-state index contributed by atoms with van der Waals surface area (Å²) >= 11 is 0. The van der Waals surface area contributed by atoms with Gasteiger partial charge in [0, 0.05) is 13.0 Å². The van der Waals surface area contributed by atoms with Crippen molar-refractivity contribution in [3.63, 3.8) is 0 Å². The van der Waals surface area contributed by atoms with Crippen molar-refractivity contribution in [1.82, 2.24) is 9.97 Å². The van der Waals surface area contributed by atoms with Crippen LogP contribution in [-0.2, 0) is 11.3 Å². The Morgan fingerprint density at radius 1 is 1.71 bits per heavy atom. The third-order valence-corrected chi connectivity index (χ3v) is 2.25. The lowest BCUT2D eigenvalue weighted by molar-refractivity contribution is 0.0685. The third-order valence-electron chi connectivity index (χ3n) is 2.25. The molecule has 0 bridgehead atoms. The number of ether oxygens (including phenoxy) is 1. The van der Waals surface area contributed by atoms with E-state index < -0.39 is 5.97 Å². The molecule has 0 atom stereocenters. The summed E-state index contributed by atoms with van der Waals surface area (Å²) in [6.45, 7) is 0.265. The Kier molecular flexibility index (Phi) is 2.25. The highest BCUT2D eigenvalue weighted by Crippen LogP contribution is 2.38. The number of rotatable bonds is 4. The maximum Gasteiger partial charge on any atom is 0.356 e. The van der Waals surface area contributed by atoms with Crippen molar-refractivity contribution in [2.45, 2.75) is 25.4 Å². The van der Waals surface area contributed by atoms with Crippen LogP contribution in [0.1, 0.15) is 40.8 Å². The Balaban J connectivity index is 2.29. The highest BCUT2D eigenvalue weighted by atomic mass is 16.5. The van der Waals surface area contributed by atoms with Gasteiger partial charge in [0.15, 0.2) is 5.69 Å². The fraction of sp³-hybridized carbons (Fsp3) is 0.556. The fourth-order valence-electron chi connectivity index (χ4n) is 1.41. The summed E-state index contributed by atoms with van der Waals surface area (Å²) in [7, 11) is 1.53. The van der Waals surface area contributed by atoms with E-state index in [0.717, 1.165) is 18.7 Å². The van der Waals surface area contributed by atoms with Gasteiger partial charge in [0.1, 0.15) is 5.82 Å². The van der Waals surface area contributed by atoms with Gasteiger partial charge in [-0.2, -0.15) is 0 Å². The molecule has 5 nitrogen and oxygen atoms in total. The zero-order chi connectivity index (χ0) is 10.1. The number of nitrogens with one attached hydrogen (secondary N) is 1. The monoisotopic (exact) mass is 196 g/mol. The smallest absolute Gasteiger partial charge is 0.356 e. The number of carbonyl (C=O) groups is 1. The van der Waals surface area contributed by atoms with Crippen LogP contribution in [0.4, 0.5) is 0 Å². The van der Waals surface area contributed by atoms with Gasteiger partial charge in [-0.05, 0) is 12.8 Å². The number of hydrogen-bond donors (Lipinski definition) is 2. The predicted octanol–water partition coefficient (Wildman–Crippen LogP) is 1.13. The van der Waals surface area contributed by atoms with Gasteiger partial charge in [-0.15, -0.1) is 0 Å². The molecular weight excluding hydrogens is 184 g/mol. The number of aromatic carboxylic acids is 1. The average Bonchev–Trinajstić information content (AvgIpc) is 2.89. The minimum atomic E-state index is -1.000. The summed E-state index contributed by atoms with van der Waals surface area (Å²) in [4.78, 5) is 17.9. The number of aromatic nitrogens is 2. The summed E-state index contributed by atoms with van der Waals surface area (Å²) < 4.78 is 4.90. The molecule has 0 spiro atoms. The van der Waals surface area contributed by atoms with Gasteiger partial charge in [0.25, 0.3) is 0 Å². The molecule has 0 amide bonds. The second-order valence-corrected chi connectivity index (χ2v) is 3.46. The molecule has 0 saturated heterocycles. The second kappa shape index (κ2) is 3.42. The van der Waals surface area contributed by atoms with E-state index in [9.17, 15) is 4.79 Å². The van der Waals surface area contributed by atoms with Crippen LogP contribution >= 0.6 is 0 Å². The van der Waals surface area contributed by atoms with E-state index in [1.54, 1.807) is 0 Å². The zero-order valence-electron chi connectivity index (χ0n) is 7.91. The first-order valence-electron chi connectivity index (χ1n) is 4.53. The summed E-state index contributed by atoms with van der Waals surface area (Å²) in [5.41, 5.74) is 0.649. The summed E-state index contributed by atoms with van der Waals surface area (Å²) in [5, 5.41) is 8.87. The molecule has 0 unspecified atom stereocenters. The number of hydrogen-bond acceptors (Lipinski definition) is 3. The molecule has 1 aliphatic carbocycles. The maximum atomic E-state index is 10.8. The lowest BCUT2D eigenvalue weighted by Gasteiger charge is -1.95. The van der Waals surface area contributed by atoms with Gasteiger partial charge in [0.2, 0.25) is 0 Å². The van der Waals surface area contributed by atoms with Crippen LogP contribution in [0.3, 0.4) is 0 Å². The average molecular weight is 196 g/mol. The van der Waals surface area contributed by atoms with Crippen molar-refractivity contribution in [3.8, 4) is 0 Å². The molecule has 0 aromatic carbocycles. The molecule has 1 aromatic heterocycles. The van der Waals surface area contributed by atoms with Gasteiger partial charge >= 0.3 is 5.97 Å². The van der Waals surface area contributed by atoms with Crippen LogP contribution in [0.15, 0.2) is 0 Å². The summed E-state index contributed by atoms with van der Waals surface area (Å²) in [6, 6.07) is 0. The van der Waals surface area contributed by atoms with Crippen LogP contribution in [0.5, 0.6) is 0 Å². The predicted molar refractivity (Wildman–Crippen MR) is 48.2 cm³/mol. The second-order valence-electron chi connectivity index (χ2n) is 3.46. The van der Waals surface area contributed by atoms with Crippen LogP contribution < -0.4 is 0 Å². The van der Waals surface area contributed by atoms with Crippen molar-refractivity contribution in [2.24, 2.45) is 0 Å². The number of carboxylic acid groups (broad SMARTS) is 1. The molecule has 1 aromatic rings. The first-order valence-corrected chi connectivity index (χ1v) is 4.53. The van der Waals surface area contributed by atoms with E-state index in [1.807, 2.05) is 0 Å². The molecule has 0 aliphatic heterocycles. The van der Waals surface area contributed by atoms with Gasteiger partial charge in [-0.3, -0.25) is 0 Å². The Bertz CT molecular complexity index is 355. The third kappa shape index (κ3) is 1.63. The molecule has 1 fully saturated rings. The number of carboxylic acids is 1. The SMILES string of the molecule is COCc1[nH]c(C2CC2)nc1C(=O)O. The number of H-pyrrole nitrogens is 1. The summed E-state index contributed by atoms with van der Waals surface area (Å²) in [6.07, 6.45) is 2.19. The van der Waals surface area contributed by atoms with E-state index in [1.165, 1.54) is 7.11 Å². The van der Waals surface area contributed by atoms with Gasteiger partial charge in [-0.25, -0.2) is 9.78 Å². The molecule has 1 saturated carbocycles. The number of aromatic amines is 1. The Morgan fingerprint density at radius 2 is 2.43 bits per heavy atom. The van der Waals surface area contributed by atoms with E-state index in [4.69, 9.17) is 9.84 Å². The molecule has 2 N–H and O–H groups in total. The number of imidazole rings is 1. The molecule has 1 heterocycles. The van der Waals surface area contributed by atoms with Crippen LogP contribution in [0.25, 0.3) is 0 Å². The Hall–Kier alpha value is -1.36. The minimum Gasteiger partial charge on any atom is -0.476 e. The molecule has 5 heteroatoms. The molecular formula is C9H12N2O3. The van der Waals surface area contributed by atoms with E-state index in [0.29, 0.717) is 11.6 Å². The number of nitrogens with zero attached hydrogens (tertiary/aromatic N) is 1. The van der Waals surface area contributed by atoms with Crippen molar-refractivity contribution in [2.75, 3.05) is 7.11 Å². The minimum absolute atomic E-state index is 0.0914. The topological polar surface area (TPSA) is 75.2 Å². The highest BCUT2D eigenvalue weighted by molar-refractivity contribution is 5.86. The van der Waals surface area contributed by atoms with E-state index in [-0.39, 0.29) is 12.3 Å². The van der Waals surface area contributed by atoms with Crippen molar-refractivity contribution in [1.29, 1.82) is 0 Å². The highest BCUT2D eigenvalue weighted by Gasteiger charge is 2.29. The summed E-state index contributed by atoms with van der Waals surface area (Å²) in [5.74, 6) is 0.216. The Labute approximate surface area is 81.1 Å². The number of methoxy groups -OCH3 is 1. The standard InChI is InChI=1S/C9H12N2O3/c1-14-4-6-7(9(12)13)11-8(10-6)5-2-3-5/h5H,2-4H2,1H3,(H,10,11)(H,12,13). The van der Waals surface area contributed by atoms with E-state index >= 15 is 0 Å². The largest absolute Gasteiger partial charge is 0.476 e.